The summed E-state index contributed by atoms with van der Waals surface area (Å²) in [6, 6.07) is 11.6. The fourth-order valence-electron chi connectivity index (χ4n) is 3.14. The maximum Gasteiger partial charge on any atom is 0.387 e. The summed E-state index contributed by atoms with van der Waals surface area (Å²) in [5.41, 5.74) is -0.352. The minimum Gasteiger partial charge on any atom is -0.493 e. The highest BCUT2D eigenvalue weighted by Crippen LogP contribution is 2.34. The zero-order chi connectivity index (χ0) is 21.9. The van der Waals surface area contributed by atoms with E-state index in [1.165, 1.54) is 13.2 Å². The van der Waals surface area contributed by atoms with Gasteiger partial charge in [0.25, 0.3) is 5.91 Å². The lowest BCUT2D eigenvalue weighted by Crippen LogP contribution is -2.49. The average molecular weight is 440 g/mol. The van der Waals surface area contributed by atoms with Crippen LogP contribution in [-0.4, -0.2) is 36.2 Å². The molecule has 30 heavy (non-hydrogen) atoms. The summed E-state index contributed by atoms with van der Waals surface area (Å²) in [6.07, 6.45) is 1.82. The smallest absolute Gasteiger partial charge is 0.387 e. The lowest BCUT2D eigenvalue weighted by Gasteiger charge is -2.33. The fraction of sp³-hybridized carbons (Fsp3) is 0.409. The number of halogens is 3. The molecule has 162 valence electrons. The third-order valence-corrected chi connectivity index (χ3v) is 5.00. The van der Waals surface area contributed by atoms with Crippen molar-refractivity contribution >= 4 is 17.5 Å². The van der Waals surface area contributed by atoms with Crippen LogP contribution in [0.25, 0.3) is 0 Å². The van der Waals surface area contributed by atoms with Crippen LogP contribution < -0.4 is 14.2 Å². The van der Waals surface area contributed by atoms with Crippen LogP contribution in [0.3, 0.4) is 0 Å². The number of benzene rings is 2. The van der Waals surface area contributed by atoms with Gasteiger partial charge in [-0.05, 0) is 68.7 Å². The number of methoxy groups -OCH3 is 1. The molecule has 0 bridgehead atoms. The van der Waals surface area contributed by atoms with Crippen LogP contribution in [0.4, 0.5) is 8.78 Å². The summed E-state index contributed by atoms with van der Waals surface area (Å²) in [6.45, 7) is 0.807. The van der Waals surface area contributed by atoms with Gasteiger partial charge in [-0.2, -0.15) is 8.78 Å². The first kappa shape index (κ1) is 22.2. The lowest BCUT2D eigenvalue weighted by atomic mass is 10.1. The van der Waals surface area contributed by atoms with E-state index in [1.54, 1.807) is 55.1 Å². The van der Waals surface area contributed by atoms with Crippen molar-refractivity contribution in [3.05, 3.63) is 53.1 Å². The molecule has 8 heteroatoms. The predicted molar refractivity (Wildman–Crippen MR) is 109 cm³/mol. The summed E-state index contributed by atoms with van der Waals surface area (Å²) < 4.78 is 40.7. The Morgan fingerprint density at radius 2 is 1.83 bits per heavy atom. The van der Waals surface area contributed by atoms with Crippen LogP contribution in [0.1, 0.15) is 32.3 Å². The van der Waals surface area contributed by atoms with Gasteiger partial charge in [-0.1, -0.05) is 17.7 Å². The van der Waals surface area contributed by atoms with E-state index < -0.39 is 12.2 Å². The van der Waals surface area contributed by atoms with Crippen LogP contribution >= 0.6 is 11.6 Å². The molecule has 0 radical (unpaired) electrons. The highest BCUT2D eigenvalue weighted by Gasteiger charge is 2.41. The Balaban J connectivity index is 1.77. The number of carbonyl (C=O) groups is 1. The van der Waals surface area contributed by atoms with Crippen LogP contribution in [-0.2, 0) is 11.3 Å². The normalized spacial score (nSPS) is 13.8. The van der Waals surface area contributed by atoms with Crippen molar-refractivity contribution in [1.82, 2.24) is 4.90 Å². The van der Waals surface area contributed by atoms with Gasteiger partial charge >= 0.3 is 6.61 Å². The fourth-order valence-corrected chi connectivity index (χ4v) is 3.27. The first-order valence-electron chi connectivity index (χ1n) is 9.57. The molecule has 0 spiro atoms. The minimum atomic E-state index is -2.94. The van der Waals surface area contributed by atoms with E-state index in [9.17, 15) is 13.6 Å². The molecule has 0 unspecified atom stereocenters. The summed E-state index contributed by atoms with van der Waals surface area (Å²) in [5.74, 6) is 0.523. The number of ether oxygens (including phenoxy) is 3. The molecule has 0 aliphatic heterocycles. The molecule has 0 N–H and O–H groups in total. The molecule has 2 aromatic carbocycles. The predicted octanol–water partition coefficient (Wildman–Crippen LogP) is 5.30. The van der Waals surface area contributed by atoms with Crippen LogP contribution in [0.5, 0.6) is 17.2 Å². The number of hydrogen-bond acceptors (Lipinski definition) is 4. The van der Waals surface area contributed by atoms with Crippen molar-refractivity contribution in [2.45, 2.75) is 51.5 Å². The molecule has 0 heterocycles. The molecule has 5 nitrogen and oxygen atoms in total. The number of hydrogen-bond donors (Lipinski definition) is 0. The van der Waals surface area contributed by atoms with Crippen LogP contribution in [0.2, 0.25) is 5.02 Å². The Labute approximate surface area is 179 Å². The third kappa shape index (κ3) is 5.53. The zero-order valence-corrected chi connectivity index (χ0v) is 17.8. The molecule has 1 fully saturated rings. The largest absolute Gasteiger partial charge is 0.493 e. The van der Waals surface area contributed by atoms with Crippen molar-refractivity contribution < 1.29 is 27.8 Å². The van der Waals surface area contributed by atoms with E-state index in [2.05, 4.69) is 4.74 Å². The van der Waals surface area contributed by atoms with Crippen molar-refractivity contribution in [2.24, 2.45) is 0 Å². The van der Waals surface area contributed by atoms with Gasteiger partial charge in [-0.3, -0.25) is 4.79 Å². The summed E-state index contributed by atoms with van der Waals surface area (Å²) in [7, 11) is 1.38. The van der Waals surface area contributed by atoms with Crippen LogP contribution in [0.15, 0.2) is 42.5 Å². The topological polar surface area (TPSA) is 48.0 Å². The van der Waals surface area contributed by atoms with E-state index in [0.717, 1.165) is 18.4 Å². The van der Waals surface area contributed by atoms with E-state index >= 15 is 0 Å². The standard InChI is InChI=1S/C22H24ClF2NO4/c1-22(2,30-17-9-5-15(23)6-10-17)20(27)26(16-7-8-16)13-14-4-11-18(29-21(24)25)19(12-14)28-3/h4-6,9-12,16,21H,7-8,13H2,1-3H3. The van der Waals surface area contributed by atoms with Gasteiger partial charge in [0.2, 0.25) is 0 Å². The highest BCUT2D eigenvalue weighted by molar-refractivity contribution is 6.30. The molecular weight excluding hydrogens is 416 g/mol. The second-order valence-corrected chi connectivity index (χ2v) is 8.03. The SMILES string of the molecule is COc1cc(CN(C(=O)C(C)(C)Oc2ccc(Cl)cc2)C2CC2)ccc1OC(F)F. The molecule has 1 aliphatic carbocycles. The minimum absolute atomic E-state index is 0.0491. The monoisotopic (exact) mass is 439 g/mol. The van der Waals surface area contributed by atoms with Crippen LogP contribution in [0, 0.1) is 0 Å². The van der Waals surface area contributed by atoms with Crippen molar-refractivity contribution in [1.29, 1.82) is 0 Å². The second kappa shape index (κ2) is 9.08. The molecular formula is C22H24ClF2NO4. The number of alkyl halides is 2. The van der Waals surface area contributed by atoms with Gasteiger partial charge in [0.15, 0.2) is 17.1 Å². The van der Waals surface area contributed by atoms with E-state index in [4.69, 9.17) is 21.1 Å². The molecule has 3 rings (SSSR count). The molecule has 2 aromatic rings. The van der Waals surface area contributed by atoms with Gasteiger partial charge in [0.1, 0.15) is 5.75 Å². The van der Waals surface area contributed by atoms with Gasteiger partial charge in [-0.15, -0.1) is 0 Å². The number of carbonyl (C=O) groups excluding carboxylic acids is 1. The molecule has 1 amide bonds. The summed E-state index contributed by atoms with van der Waals surface area (Å²) in [5, 5.41) is 0.583. The number of nitrogens with zero attached hydrogens (tertiary/aromatic N) is 1. The van der Waals surface area contributed by atoms with Gasteiger partial charge in [0.05, 0.1) is 7.11 Å². The van der Waals surface area contributed by atoms with E-state index in [-0.39, 0.29) is 23.4 Å². The quantitative estimate of drug-likeness (QED) is 0.532. The Morgan fingerprint density at radius 1 is 1.17 bits per heavy atom. The van der Waals surface area contributed by atoms with E-state index in [0.29, 0.717) is 17.3 Å². The third-order valence-electron chi connectivity index (χ3n) is 4.75. The number of amides is 1. The first-order chi connectivity index (χ1) is 14.2. The molecule has 1 saturated carbocycles. The van der Waals surface area contributed by atoms with Gasteiger partial charge in [0, 0.05) is 17.6 Å². The lowest BCUT2D eigenvalue weighted by molar-refractivity contribution is -0.146. The maximum absolute atomic E-state index is 13.3. The maximum atomic E-state index is 13.3. The molecule has 1 aliphatic rings. The van der Waals surface area contributed by atoms with Crippen molar-refractivity contribution in [3.63, 3.8) is 0 Å². The summed E-state index contributed by atoms with van der Waals surface area (Å²) >= 11 is 5.91. The molecule has 0 atom stereocenters. The Hall–Kier alpha value is -2.54. The van der Waals surface area contributed by atoms with Gasteiger partial charge < -0.3 is 19.1 Å². The average Bonchev–Trinajstić information content (AvgIpc) is 3.53. The molecule has 0 aromatic heterocycles. The summed E-state index contributed by atoms with van der Waals surface area (Å²) in [4.78, 5) is 15.1. The molecule has 0 saturated heterocycles. The second-order valence-electron chi connectivity index (χ2n) is 7.59. The highest BCUT2D eigenvalue weighted by atomic mass is 35.5. The van der Waals surface area contributed by atoms with Gasteiger partial charge in [-0.25, -0.2) is 0 Å². The Morgan fingerprint density at radius 3 is 2.40 bits per heavy atom. The van der Waals surface area contributed by atoms with Crippen molar-refractivity contribution in [3.8, 4) is 17.2 Å². The van der Waals surface area contributed by atoms with Crippen molar-refractivity contribution in [2.75, 3.05) is 7.11 Å². The van der Waals surface area contributed by atoms with E-state index in [1.807, 2.05) is 0 Å². The Kier molecular flexibility index (Phi) is 6.71. The Bertz CT molecular complexity index is 885. The first-order valence-corrected chi connectivity index (χ1v) is 9.95. The number of rotatable bonds is 9. The zero-order valence-electron chi connectivity index (χ0n) is 17.0.